The Morgan fingerprint density at radius 2 is 2.00 bits per heavy atom. The van der Waals surface area contributed by atoms with Crippen LogP contribution in [0.15, 0.2) is 0 Å². The van der Waals surface area contributed by atoms with Gasteiger partial charge in [-0.3, -0.25) is 0 Å². The van der Waals surface area contributed by atoms with Crippen LogP contribution in [-0.2, 0) is 0 Å². The van der Waals surface area contributed by atoms with Crippen LogP contribution in [0.25, 0.3) is 0 Å². The van der Waals surface area contributed by atoms with E-state index in [0.29, 0.717) is 5.38 Å². The fourth-order valence-corrected chi connectivity index (χ4v) is 0.843. The first-order chi connectivity index (χ1) is 4.13. The molecule has 56 valence electrons. The molecule has 0 rings (SSSR count). The highest BCUT2D eigenvalue weighted by atomic mass is 35.5. The van der Waals surface area contributed by atoms with Crippen molar-refractivity contribution in [3.05, 3.63) is 0 Å². The lowest BCUT2D eigenvalue weighted by Gasteiger charge is -2.08. The molecule has 1 nitrogen and oxygen atoms in total. The molecule has 0 amide bonds. The van der Waals surface area contributed by atoms with Crippen LogP contribution in [0, 0.1) is 0 Å². The fraction of sp³-hybridized carbons (Fsp3) is 1.00. The second kappa shape index (κ2) is 5.07. The fourth-order valence-electron chi connectivity index (χ4n) is 0.689. The lowest BCUT2D eigenvalue weighted by molar-refractivity contribution is 0.394. The standard InChI is InChI=1S/C7H16ClN/c1-7(8)5-4-6-9(2)3/h7H,4-6H2,1-3H3. The van der Waals surface area contributed by atoms with Gasteiger partial charge >= 0.3 is 0 Å². The highest BCUT2D eigenvalue weighted by Gasteiger charge is 1.95. The van der Waals surface area contributed by atoms with Crippen LogP contribution in [0.5, 0.6) is 0 Å². The van der Waals surface area contributed by atoms with Gasteiger partial charge in [0.25, 0.3) is 0 Å². The average Bonchev–Trinajstić information content (AvgIpc) is 1.63. The Labute approximate surface area is 63.0 Å². The summed E-state index contributed by atoms with van der Waals surface area (Å²) < 4.78 is 0. The van der Waals surface area contributed by atoms with E-state index in [0.717, 1.165) is 13.0 Å². The first kappa shape index (κ1) is 9.25. The number of rotatable bonds is 4. The molecule has 0 bridgehead atoms. The molecular formula is C7H16ClN. The molecule has 2 heteroatoms. The largest absolute Gasteiger partial charge is 0.309 e. The molecule has 0 radical (unpaired) electrons. The van der Waals surface area contributed by atoms with Crippen molar-refractivity contribution in [1.82, 2.24) is 4.90 Å². The van der Waals surface area contributed by atoms with Crippen LogP contribution in [-0.4, -0.2) is 30.9 Å². The molecule has 0 aromatic carbocycles. The van der Waals surface area contributed by atoms with Crippen molar-refractivity contribution in [2.75, 3.05) is 20.6 Å². The predicted octanol–water partition coefficient (Wildman–Crippen LogP) is 1.96. The molecule has 0 heterocycles. The summed E-state index contributed by atoms with van der Waals surface area (Å²) in [7, 11) is 4.16. The Morgan fingerprint density at radius 3 is 2.33 bits per heavy atom. The average molecular weight is 150 g/mol. The van der Waals surface area contributed by atoms with E-state index in [4.69, 9.17) is 11.6 Å². The Morgan fingerprint density at radius 1 is 1.44 bits per heavy atom. The van der Waals surface area contributed by atoms with Crippen LogP contribution < -0.4 is 0 Å². The quantitative estimate of drug-likeness (QED) is 0.553. The SMILES string of the molecule is CC(Cl)CCCN(C)C. The van der Waals surface area contributed by atoms with Gasteiger partial charge in [-0.1, -0.05) is 0 Å². The monoisotopic (exact) mass is 149 g/mol. The van der Waals surface area contributed by atoms with E-state index in [-0.39, 0.29) is 0 Å². The molecule has 0 saturated heterocycles. The lowest BCUT2D eigenvalue weighted by atomic mass is 10.2. The van der Waals surface area contributed by atoms with Gasteiger partial charge in [0.15, 0.2) is 0 Å². The van der Waals surface area contributed by atoms with E-state index in [1.807, 2.05) is 6.92 Å². The number of alkyl halides is 1. The smallest absolute Gasteiger partial charge is 0.0308 e. The van der Waals surface area contributed by atoms with E-state index in [1.54, 1.807) is 0 Å². The first-order valence-electron chi connectivity index (χ1n) is 3.41. The van der Waals surface area contributed by atoms with Crippen LogP contribution in [0.4, 0.5) is 0 Å². The van der Waals surface area contributed by atoms with Crippen LogP contribution in [0.2, 0.25) is 0 Å². The summed E-state index contributed by atoms with van der Waals surface area (Å²) in [5, 5.41) is 0.338. The zero-order valence-corrected chi connectivity index (χ0v) is 7.28. The van der Waals surface area contributed by atoms with Gasteiger partial charge in [0.05, 0.1) is 0 Å². The predicted molar refractivity (Wildman–Crippen MR) is 43.1 cm³/mol. The molecule has 9 heavy (non-hydrogen) atoms. The van der Waals surface area contributed by atoms with E-state index < -0.39 is 0 Å². The van der Waals surface area contributed by atoms with Gasteiger partial charge in [-0.15, -0.1) is 11.6 Å². The topological polar surface area (TPSA) is 3.24 Å². The molecular weight excluding hydrogens is 134 g/mol. The Kier molecular flexibility index (Phi) is 5.21. The maximum Gasteiger partial charge on any atom is 0.0308 e. The maximum absolute atomic E-state index is 5.74. The van der Waals surface area contributed by atoms with Gasteiger partial charge in [0, 0.05) is 5.38 Å². The lowest BCUT2D eigenvalue weighted by Crippen LogP contribution is -2.13. The number of hydrogen-bond donors (Lipinski definition) is 0. The minimum absolute atomic E-state index is 0.338. The second-order valence-electron chi connectivity index (χ2n) is 2.73. The third kappa shape index (κ3) is 8.25. The molecule has 0 aromatic heterocycles. The van der Waals surface area contributed by atoms with Crippen molar-refractivity contribution in [3.63, 3.8) is 0 Å². The molecule has 0 aromatic rings. The van der Waals surface area contributed by atoms with Gasteiger partial charge in [-0.05, 0) is 40.4 Å². The third-order valence-corrected chi connectivity index (χ3v) is 1.43. The summed E-state index contributed by atoms with van der Waals surface area (Å²) in [5.41, 5.74) is 0. The zero-order chi connectivity index (χ0) is 7.28. The summed E-state index contributed by atoms with van der Waals surface area (Å²) in [6.07, 6.45) is 2.33. The molecule has 0 aliphatic carbocycles. The minimum Gasteiger partial charge on any atom is -0.309 e. The van der Waals surface area contributed by atoms with Crippen LogP contribution in [0.1, 0.15) is 19.8 Å². The summed E-state index contributed by atoms with van der Waals surface area (Å²) >= 11 is 5.74. The van der Waals surface area contributed by atoms with E-state index in [1.165, 1.54) is 6.42 Å². The van der Waals surface area contributed by atoms with Gasteiger partial charge < -0.3 is 4.90 Å². The minimum atomic E-state index is 0.338. The van der Waals surface area contributed by atoms with Gasteiger partial charge in [-0.25, -0.2) is 0 Å². The van der Waals surface area contributed by atoms with Crippen molar-refractivity contribution < 1.29 is 0 Å². The van der Waals surface area contributed by atoms with Gasteiger partial charge in [-0.2, -0.15) is 0 Å². The van der Waals surface area contributed by atoms with Gasteiger partial charge in [0.1, 0.15) is 0 Å². The van der Waals surface area contributed by atoms with E-state index in [9.17, 15) is 0 Å². The van der Waals surface area contributed by atoms with Crippen LogP contribution in [0.3, 0.4) is 0 Å². The highest BCUT2D eigenvalue weighted by molar-refractivity contribution is 6.20. The van der Waals surface area contributed by atoms with E-state index >= 15 is 0 Å². The van der Waals surface area contributed by atoms with Crippen molar-refractivity contribution in [2.24, 2.45) is 0 Å². The van der Waals surface area contributed by atoms with Gasteiger partial charge in [0.2, 0.25) is 0 Å². The highest BCUT2D eigenvalue weighted by Crippen LogP contribution is 2.03. The molecule has 0 saturated carbocycles. The Bertz CT molecular complexity index is 53.9. The molecule has 0 spiro atoms. The molecule has 0 aliphatic rings. The molecule has 0 aliphatic heterocycles. The van der Waals surface area contributed by atoms with Crippen LogP contribution >= 0.6 is 11.6 Å². The molecule has 0 N–H and O–H groups in total. The van der Waals surface area contributed by atoms with Crippen molar-refractivity contribution in [2.45, 2.75) is 25.1 Å². The van der Waals surface area contributed by atoms with Crippen molar-refractivity contribution in [3.8, 4) is 0 Å². The first-order valence-corrected chi connectivity index (χ1v) is 3.85. The van der Waals surface area contributed by atoms with Crippen molar-refractivity contribution in [1.29, 1.82) is 0 Å². The number of hydrogen-bond acceptors (Lipinski definition) is 1. The summed E-state index contributed by atoms with van der Waals surface area (Å²) in [5.74, 6) is 0. The molecule has 1 unspecified atom stereocenters. The number of halogens is 1. The third-order valence-electron chi connectivity index (χ3n) is 1.21. The Hall–Kier alpha value is 0.250. The molecule has 1 atom stereocenters. The zero-order valence-electron chi connectivity index (χ0n) is 6.52. The summed E-state index contributed by atoms with van der Waals surface area (Å²) in [4.78, 5) is 2.18. The van der Waals surface area contributed by atoms with E-state index in [2.05, 4.69) is 19.0 Å². The number of nitrogens with zero attached hydrogens (tertiary/aromatic N) is 1. The maximum atomic E-state index is 5.74. The Balaban J connectivity index is 2.91. The summed E-state index contributed by atoms with van der Waals surface area (Å²) in [6.45, 7) is 3.19. The van der Waals surface area contributed by atoms with Crippen molar-refractivity contribution >= 4 is 11.6 Å². The second-order valence-corrected chi connectivity index (χ2v) is 3.47. The normalized spacial score (nSPS) is 14.3. The summed E-state index contributed by atoms with van der Waals surface area (Å²) in [6, 6.07) is 0. The molecule has 0 fully saturated rings.